The minimum absolute atomic E-state index is 0.373. The van der Waals surface area contributed by atoms with Crippen LogP contribution >= 0.6 is 11.8 Å². The Kier molecular flexibility index (Phi) is 6.18. The van der Waals surface area contributed by atoms with E-state index in [-0.39, 0.29) is 0 Å². The normalized spacial score (nSPS) is 12.7. The summed E-state index contributed by atoms with van der Waals surface area (Å²) in [5, 5.41) is 8.72. The Morgan fingerprint density at radius 2 is 2.06 bits per heavy atom. The summed E-state index contributed by atoms with van der Waals surface area (Å²) < 4.78 is 0. The molecule has 0 amide bonds. The van der Waals surface area contributed by atoms with Crippen molar-refractivity contribution in [1.82, 2.24) is 4.90 Å². The fraction of sp³-hybridized carbons (Fsp3) is 0.462. The lowest BCUT2D eigenvalue weighted by Crippen LogP contribution is -2.41. The van der Waals surface area contributed by atoms with Gasteiger partial charge in [0.25, 0.3) is 0 Å². The molecule has 1 rings (SSSR count). The number of hydrogen-bond acceptors (Lipinski definition) is 4. The number of aliphatic carboxylic acids is 1. The van der Waals surface area contributed by atoms with Crippen LogP contribution in [-0.2, 0) is 11.2 Å². The Morgan fingerprint density at radius 3 is 2.56 bits per heavy atom. The molecule has 0 aliphatic heterocycles. The number of carboxylic acids is 1. The molecule has 4 nitrogen and oxygen atoms in total. The van der Waals surface area contributed by atoms with Crippen molar-refractivity contribution in [2.45, 2.75) is 17.4 Å². The van der Waals surface area contributed by atoms with Gasteiger partial charge in [-0.05, 0) is 37.4 Å². The van der Waals surface area contributed by atoms with Gasteiger partial charge in [0.05, 0.1) is 0 Å². The first kappa shape index (κ1) is 15.0. The quantitative estimate of drug-likeness (QED) is 0.730. The zero-order valence-electron chi connectivity index (χ0n) is 10.8. The molecule has 0 fully saturated rings. The average Bonchev–Trinajstić information content (AvgIpc) is 2.36. The topological polar surface area (TPSA) is 66.6 Å². The molecule has 0 bridgehead atoms. The summed E-state index contributed by atoms with van der Waals surface area (Å²) in [7, 11) is 1.89. The predicted octanol–water partition coefficient (Wildman–Crippen LogP) is 1.29. The molecule has 100 valence electrons. The van der Waals surface area contributed by atoms with Gasteiger partial charge in [-0.25, -0.2) is 0 Å². The first-order valence-electron chi connectivity index (χ1n) is 5.82. The Labute approximate surface area is 112 Å². The van der Waals surface area contributed by atoms with E-state index in [0.717, 1.165) is 13.0 Å². The van der Waals surface area contributed by atoms with Crippen molar-refractivity contribution in [3.63, 3.8) is 0 Å². The molecule has 0 aromatic heterocycles. The van der Waals surface area contributed by atoms with Crippen molar-refractivity contribution < 1.29 is 9.90 Å². The molecule has 5 heteroatoms. The molecule has 0 saturated carbocycles. The van der Waals surface area contributed by atoms with Crippen LogP contribution in [0.15, 0.2) is 29.2 Å². The second-order valence-electron chi connectivity index (χ2n) is 4.31. The highest BCUT2D eigenvalue weighted by molar-refractivity contribution is 7.98. The number of hydrogen-bond donors (Lipinski definition) is 2. The van der Waals surface area contributed by atoms with Gasteiger partial charge in [-0.1, -0.05) is 12.1 Å². The second kappa shape index (κ2) is 7.41. The molecule has 1 unspecified atom stereocenters. The van der Waals surface area contributed by atoms with Crippen molar-refractivity contribution in [3.05, 3.63) is 29.8 Å². The maximum atomic E-state index is 10.6. The molecular formula is C13H20N2O2S. The molecular weight excluding hydrogens is 248 g/mol. The van der Waals surface area contributed by atoms with Crippen LogP contribution < -0.4 is 5.73 Å². The Morgan fingerprint density at radius 1 is 1.44 bits per heavy atom. The molecule has 1 atom stereocenters. The van der Waals surface area contributed by atoms with Crippen molar-refractivity contribution in [2.75, 3.05) is 26.4 Å². The Balaban J connectivity index is 2.37. The largest absolute Gasteiger partial charge is 0.480 e. The third kappa shape index (κ3) is 5.08. The Bertz CT molecular complexity index is 381. The lowest BCUT2D eigenvalue weighted by molar-refractivity contribution is -0.138. The van der Waals surface area contributed by atoms with E-state index in [0.29, 0.717) is 6.54 Å². The van der Waals surface area contributed by atoms with Gasteiger partial charge in [0, 0.05) is 18.0 Å². The van der Waals surface area contributed by atoms with Crippen LogP contribution in [0.1, 0.15) is 5.56 Å². The summed E-state index contributed by atoms with van der Waals surface area (Å²) >= 11 is 1.72. The van der Waals surface area contributed by atoms with Crippen LogP contribution in [0.4, 0.5) is 0 Å². The molecule has 0 radical (unpaired) electrons. The molecule has 1 aromatic carbocycles. The standard InChI is InChI=1S/C13H20N2O2S/c1-15(9-12(14)13(16)17)8-7-10-3-5-11(18-2)6-4-10/h3-6,12H,7-9,14H2,1-2H3,(H,16,17). The van der Waals surface area contributed by atoms with E-state index in [1.807, 2.05) is 11.9 Å². The summed E-state index contributed by atoms with van der Waals surface area (Å²) in [6.45, 7) is 1.18. The number of benzene rings is 1. The fourth-order valence-electron chi connectivity index (χ4n) is 1.62. The number of nitrogens with zero attached hydrogens (tertiary/aromatic N) is 1. The van der Waals surface area contributed by atoms with E-state index >= 15 is 0 Å². The molecule has 0 spiro atoms. The summed E-state index contributed by atoms with van der Waals surface area (Å²) in [6, 6.07) is 7.61. The number of likely N-dealkylation sites (N-methyl/N-ethyl adjacent to an activating group) is 1. The third-order valence-electron chi connectivity index (χ3n) is 2.77. The highest BCUT2D eigenvalue weighted by Crippen LogP contribution is 2.15. The fourth-order valence-corrected chi connectivity index (χ4v) is 2.03. The number of carbonyl (C=O) groups is 1. The van der Waals surface area contributed by atoms with Gasteiger partial charge in [-0.2, -0.15) is 0 Å². The first-order chi connectivity index (χ1) is 8.52. The van der Waals surface area contributed by atoms with Crippen LogP contribution in [0.2, 0.25) is 0 Å². The van der Waals surface area contributed by atoms with Gasteiger partial charge < -0.3 is 15.7 Å². The molecule has 0 heterocycles. The van der Waals surface area contributed by atoms with Crippen LogP contribution in [-0.4, -0.2) is 48.4 Å². The maximum absolute atomic E-state index is 10.6. The van der Waals surface area contributed by atoms with E-state index in [9.17, 15) is 4.79 Å². The summed E-state index contributed by atoms with van der Waals surface area (Å²) in [5.41, 5.74) is 6.73. The predicted molar refractivity (Wildman–Crippen MR) is 75.0 cm³/mol. The second-order valence-corrected chi connectivity index (χ2v) is 5.18. The van der Waals surface area contributed by atoms with E-state index < -0.39 is 12.0 Å². The molecule has 18 heavy (non-hydrogen) atoms. The molecule has 0 aliphatic carbocycles. The van der Waals surface area contributed by atoms with Gasteiger partial charge in [-0.3, -0.25) is 4.79 Å². The highest BCUT2D eigenvalue weighted by atomic mass is 32.2. The lowest BCUT2D eigenvalue weighted by Gasteiger charge is -2.18. The minimum Gasteiger partial charge on any atom is -0.480 e. The minimum atomic E-state index is -0.953. The number of rotatable bonds is 7. The highest BCUT2D eigenvalue weighted by Gasteiger charge is 2.13. The number of nitrogens with two attached hydrogens (primary N) is 1. The van der Waals surface area contributed by atoms with Crippen molar-refractivity contribution in [2.24, 2.45) is 5.73 Å². The van der Waals surface area contributed by atoms with Gasteiger partial charge in [0.15, 0.2) is 0 Å². The van der Waals surface area contributed by atoms with Gasteiger partial charge in [0.1, 0.15) is 6.04 Å². The van der Waals surface area contributed by atoms with Crippen LogP contribution in [0.25, 0.3) is 0 Å². The van der Waals surface area contributed by atoms with Crippen molar-refractivity contribution in [3.8, 4) is 0 Å². The van der Waals surface area contributed by atoms with Crippen LogP contribution in [0.3, 0.4) is 0 Å². The first-order valence-corrected chi connectivity index (χ1v) is 7.05. The zero-order chi connectivity index (χ0) is 13.5. The molecule has 1 aromatic rings. The van der Waals surface area contributed by atoms with Gasteiger partial charge in [0.2, 0.25) is 0 Å². The monoisotopic (exact) mass is 268 g/mol. The van der Waals surface area contributed by atoms with Crippen molar-refractivity contribution in [1.29, 1.82) is 0 Å². The third-order valence-corrected chi connectivity index (χ3v) is 3.51. The smallest absolute Gasteiger partial charge is 0.321 e. The lowest BCUT2D eigenvalue weighted by atomic mass is 10.1. The number of thioether (sulfide) groups is 1. The SMILES string of the molecule is CSc1ccc(CCN(C)CC(N)C(=O)O)cc1. The molecule has 0 aliphatic rings. The molecule has 0 saturated heterocycles. The van der Waals surface area contributed by atoms with Crippen LogP contribution in [0, 0.1) is 0 Å². The average molecular weight is 268 g/mol. The molecule has 3 N–H and O–H groups in total. The Hall–Kier alpha value is -1.04. The van der Waals surface area contributed by atoms with E-state index in [1.165, 1.54) is 10.5 Å². The van der Waals surface area contributed by atoms with Crippen LogP contribution in [0.5, 0.6) is 0 Å². The summed E-state index contributed by atoms with van der Waals surface area (Å²) in [6.07, 6.45) is 2.95. The number of carboxylic acid groups (broad SMARTS) is 1. The zero-order valence-corrected chi connectivity index (χ0v) is 11.6. The van der Waals surface area contributed by atoms with Crippen molar-refractivity contribution >= 4 is 17.7 Å². The van der Waals surface area contributed by atoms with E-state index in [4.69, 9.17) is 10.8 Å². The van der Waals surface area contributed by atoms with E-state index in [2.05, 4.69) is 30.5 Å². The maximum Gasteiger partial charge on any atom is 0.321 e. The summed E-state index contributed by atoms with van der Waals surface area (Å²) in [5.74, 6) is -0.953. The summed E-state index contributed by atoms with van der Waals surface area (Å²) in [4.78, 5) is 13.8. The van der Waals surface area contributed by atoms with Gasteiger partial charge >= 0.3 is 5.97 Å². The van der Waals surface area contributed by atoms with Gasteiger partial charge in [-0.15, -0.1) is 11.8 Å². The van der Waals surface area contributed by atoms with E-state index in [1.54, 1.807) is 11.8 Å².